The quantitative estimate of drug-likeness (QED) is 0.642. The summed E-state index contributed by atoms with van der Waals surface area (Å²) in [4.78, 5) is 4.25. The highest BCUT2D eigenvalue weighted by Crippen LogP contribution is 2.16. The smallest absolute Gasteiger partial charge is 0.191 e. The summed E-state index contributed by atoms with van der Waals surface area (Å²) in [5.74, 6) is 2.28. The molecule has 1 atom stereocenters. The first-order chi connectivity index (χ1) is 9.46. The molecular formula is C16H27N3O. The summed E-state index contributed by atoms with van der Waals surface area (Å²) >= 11 is 0. The van der Waals surface area contributed by atoms with Crippen molar-refractivity contribution in [2.24, 2.45) is 10.9 Å². The van der Waals surface area contributed by atoms with Crippen LogP contribution in [-0.4, -0.2) is 26.2 Å². The van der Waals surface area contributed by atoms with Gasteiger partial charge in [-0.25, -0.2) is 0 Å². The maximum atomic E-state index is 5.29. The van der Waals surface area contributed by atoms with Crippen LogP contribution < -0.4 is 15.4 Å². The molecule has 0 saturated carbocycles. The van der Waals surface area contributed by atoms with Crippen LogP contribution in [0, 0.1) is 12.8 Å². The van der Waals surface area contributed by atoms with Gasteiger partial charge < -0.3 is 15.4 Å². The molecule has 1 rings (SSSR count). The van der Waals surface area contributed by atoms with Crippen LogP contribution in [0.5, 0.6) is 5.75 Å². The molecule has 4 heteroatoms. The molecule has 20 heavy (non-hydrogen) atoms. The molecule has 0 heterocycles. The Morgan fingerprint density at radius 3 is 2.50 bits per heavy atom. The van der Waals surface area contributed by atoms with Crippen LogP contribution >= 0.6 is 0 Å². The van der Waals surface area contributed by atoms with Gasteiger partial charge in [-0.3, -0.25) is 4.99 Å². The van der Waals surface area contributed by atoms with E-state index in [0.29, 0.717) is 12.0 Å². The Morgan fingerprint density at radius 1 is 1.25 bits per heavy atom. The Kier molecular flexibility index (Phi) is 6.36. The minimum atomic E-state index is 0.383. The zero-order valence-electron chi connectivity index (χ0n) is 13.4. The minimum absolute atomic E-state index is 0.383. The van der Waals surface area contributed by atoms with E-state index >= 15 is 0 Å². The van der Waals surface area contributed by atoms with E-state index in [-0.39, 0.29) is 0 Å². The highest BCUT2D eigenvalue weighted by Gasteiger charge is 2.09. The highest BCUT2D eigenvalue weighted by atomic mass is 16.5. The molecule has 0 fully saturated rings. The summed E-state index contributed by atoms with van der Waals surface area (Å²) in [6, 6.07) is 6.60. The van der Waals surface area contributed by atoms with E-state index < -0.39 is 0 Å². The average molecular weight is 277 g/mol. The van der Waals surface area contributed by atoms with Crippen molar-refractivity contribution in [2.75, 3.05) is 14.2 Å². The number of aryl methyl sites for hydroxylation is 1. The van der Waals surface area contributed by atoms with Gasteiger partial charge in [-0.1, -0.05) is 19.9 Å². The van der Waals surface area contributed by atoms with Crippen LogP contribution in [0.15, 0.2) is 23.2 Å². The first-order valence-electron chi connectivity index (χ1n) is 7.08. The van der Waals surface area contributed by atoms with Gasteiger partial charge in [-0.05, 0) is 43.0 Å². The largest absolute Gasteiger partial charge is 0.497 e. The summed E-state index contributed by atoms with van der Waals surface area (Å²) in [7, 11) is 3.48. The lowest BCUT2D eigenvalue weighted by Gasteiger charge is -2.21. The van der Waals surface area contributed by atoms with Crippen molar-refractivity contribution in [3.05, 3.63) is 29.3 Å². The average Bonchev–Trinajstić information content (AvgIpc) is 2.42. The zero-order valence-corrected chi connectivity index (χ0v) is 13.4. The number of ether oxygens (including phenoxy) is 1. The van der Waals surface area contributed by atoms with Gasteiger partial charge in [0.1, 0.15) is 5.75 Å². The van der Waals surface area contributed by atoms with Gasteiger partial charge in [0.25, 0.3) is 0 Å². The summed E-state index contributed by atoms with van der Waals surface area (Å²) in [5, 5.41) is 6.72. The number of methoxy groups -OCH3 is 1. The molecule has 0 aliphatic rings. The SMILES string of the molecule is CN=C(NCc1cc(C)cc(OC)c1)NC(C)C(C)C. The molecule has 0 aromatic heterocycles. The first kappa shape index (κ1) is 16.3. The van der Waals surface area contributed by atoms with Crippen molar-refractivity contribution in [1.29, 1.82) is 0 Å². The maximum Gasteiger partial charge on any atom is 0.191 e. The van der Waals surface area contributed by atoms with E-state index in [0.717, 1.165) is 18.3 Å². The van der Waals surface area contributed by atoms with Crippen molar-refractivity contribution in [1.82, 2.24) is 10.6 Å². The normalized spacial score (nSPS) is 13.2. The highest BCUT2D eigenvalue weighted by molar-refractivity contribution is 5.79. The van der Waals surface area contributed by atoms with Crippen LogP contribution in [0.25, 0.3) is 0 Å². The number of nitrogens with one attached hydrogen (secondary N) is 2. The van der Waals surface area contributed by atoms with Gasteiger partial charge in [-0.2, -0.15) is 0 Å². The van der Waals surface area contributed by atoms with Gasteiger partial charge in [0.15, 0.2) is 5.96 Å². The fourth-order valence-electron chi connectivity index (χ4n) is 1.81. The Balaban J connectivity index is 2.63. The molecule has 1 unspecified atom stereocenters. The lowest BCUT2D eigenvalue weighted by atomic mass is 10.1. The lowest BCUT2D eigenvalue weighted by molar-refractivity contribution is 0.414. The van der Waals surface area contributed by atoms with Gasteiger partial charge >= 0.3 is 0 Å². The Morgan fingerprint density at radius 2 is 1.95 bits per heavy atom. The van der Waals surface area contributed by atoms with Gasteiger partial charge in [0.2, 0.25) is 0 Å². The third-order valence-electron chi connectivity index (χ3n) is 3.39. The second kappa shape index (κ2) is 7.78. The second-order valence-electron chi connectivity index (χ2n) is 5.46. The molecule has 0 spiro atoms. The molecular weight excluding hydrogens is 250 g/mol. The standard InChI is InChI=1S/C16H27N3O/c1-11(2)13(4)19-16(17-5)18-10-14-7-12(3)8-15(9-14)20-6/h7-9,11,13H,10H2,1-6H3,(H2,17,18,19). The van der Waals surface area contributed by atoms with Crippen LogP contribution in [0.1, 0.15) is 31.9 Å². The first-order valence-corrected chi connectivity index (χ1v) is 7.08. The Bertz CT molecular complexity index is 455. The molecule has 1 aromatic rings. The minimum Gasteiger partial charge on any atom is -0.497 e. The fraction of sp³-hybridized carbons (Fsp3) is 0.562. The fourth-order valence-corrected chi connectivity index (χ4v) is 1.81. The molecule has 0 aliphatic heterocycles. The molecule has 4 nitrogen and oxygen atoms in total. The topological polar surface area (TPSA) is 45.7 Å². The number of hydrogen-bond donors (Lipinski definition) is 2. The number of rotatable bonds is 5. The van der Waals surface area contributed by atoms with Crippen molar-refractivity contribution in [2.45, 2.75) is 40.3 Å². The van der Waals surface area contributed by atoms with Crippen molar-refractivity contribution in [3.8, 4) is 5.75 Å². The van der Waals surface area contributed by atoms with Crippen LogP contribution in [0.4, 0.5) is 0 Å². The van der Waals surface area contributed by atoms with E-state index in [2.05, 4.69) is 49.4 Å². The predicted octanol–water partition coefficient (Wildman–Crippen LogP) is 2.71. The van der Waals surface area contributed by atoms with Crippen LogP contribution in [-0.2, 0) is 6.54 Å². The summed E-state index contributed by atoms with van der Waals surface area (Å²) in [5.41, 5.74) is 2.38. The van der Waals surface area contributed by atoms with E-state index in [4.69, 9.17) is 4.74 Å². The van der Waals surface area contributed by atoms with E-state index in [9.17, 15) is 0 Å². The molecule has 2 N–H and O–H groups in total. The van der Waals surface area contributed by atoms with E-state index in [1.807, 2.05) is 12.1 Å². The van der Waals surface area contributed by atoms with Crippen molar-refractivity contribution >= 4 is 5.96 Å². The Labute approximate surface area is 122 Å². The molecule has 0 amide bonds. The monoisotopic (exact) mass is 277 g/mol. The number of hydrogen-bond acceptors (Lipinski definition) is 2. The summed E-state index contributed by atoms with van der Waals surface area (Å²) in [6.07, 6.45) is 0. The number of aliphatic imine (C=N–C) groups is 1. The summed E-state index contributed by atoms with van der Waals surface area (Å²) in [6.45, 7) is 9.34. The second-order valence-corrected chi connectivity index (χ2v) is 5.46. The molecule has 0 saturated heterocycles. The molecule has 112 valence electrons. The maximum absolute atomic E-state index is 5.29. The lowest BCUT2D eigenvalue weighted by Crippen LogP contribution is -2.43. The summed E-state index contributed by atoms with van der Waals surface area (Å²) < 4.78 is 5.29. The number of nitrogens with zero attached hydrogens (tertiary/aromatic N) is 1. The molecule has 0 bridgehead atoms. The van der Waals surface area contributed by atoms with Gasteiger partial charge in [0, 0.05) is 19.6 Å². The third kappa shape index (κ3) is 5.11. The van der Waals surface area contributed by atoms with Crippen molar-refractivity contribution < 1.29 is 4.74 Å². The number of benzene rings is 1. The number of guanidine groups is 1. The van der Waals surface area contributed by atoms with Crippen molar-refractivity contribution in [3.63, 3.8) is 0 Å². The molecule has 0 aliphatic carbocycles. The zero-order chi connectivity index (χ0) is 15.1. The predicted molar refractivity (Wildman–Crippen MR) is 85.4 cm³/mol. The van der Waals surface area contributed by atoms with Crippen LogP contribution in [0.2, 0.25) is 0 Å². The van der Waals surface area contributed by atoms with Gasteiger partial charge in [0.05, 0.1) is 7.11 Å². The molecule has 1 aromatic carbocycles. The van der Waals surface area contributed by atoms with E-state index in [1.165, 1.54) is 11.1 Å². The third-order valence-corrected chi connectivity index (χ3v) is 3.39. The molecule has 0 radical (unpaired) electrons. The van der Waals surface area contributed by atoms with Gasteiger partial charge in [-0.15, -0.1) is 0 Å². The van der Waals surface area contributed by atoms with Crippen LogP contribution in [0.3, 0.4) is 0 Å². The van der Waals surface area contributed by atoms with E-state index in [1.54, 1.807) is 14.2 Å². The Hall–Kier alpha value is -1.71.